The molecule has 0 bridgehead atoms. The van der Waals surface area contributed by atoms with Gasteiger partial charge >= 0.3 is 5.97 Å². The molecule has 0 aromatic heterocycles. The summed E-state index contributed by atoms with van der Waals surface area (Å²) in [6, 6.07) is 7.76. The van der Waals surface area contributed by atoms with Crippen LogP contribution in [0, 0.1) is 5.41 Å². The summed E-state index contributed by atoms with van der Waals surface area (Å²) < 4.78 is 5.51. The maximum atomic E-state index is 11.8. The van der Waals surface area contributed by atoms with Gasteiger partial charge in [0.15, 0.2) is 0 Å². The van der Waals surface area contributed by atoms with E-state index in [0.29, 0.717) is 32.4 Å². The first-order valence-electron chi connectivity index (χ1n) is 8.07. The molecule has 5 heteroatoms. The van der Waals surface area contributed by atoms with Gasteiger partial charge in [-0.1, -0.05) is 19.1 Å². The number of benzene rings is 1. The Kier molecular flexibility index (Phi) is 7.59. The molecule has 1 rings (SSSR count). The molecule has 23 heavy (non-hydrogen) atoms. The number of amides is 1. The third kappa shape index (κ3) is 7.17. The molecule has 0 fully saturated rings. The minimum absolute atomic E-state index is 0.0579. The summed E-state index contributed by atoms with van der Waals surface area (Å²) in [5.41, 5.74) is 0.261. The summed E-state index contributed by atoms with van der Waals surface area (Å²) >= 11 is 0. The third-order valence-electron chi connectivity index (χ3n) is 3.69. The first-order chi connectivity index (χ1) is 10.8. The predicted molar refractivity (Wildman–Crippen MR) is 89.6 cm³/mol. The molecule has 0 aliphatic heterocycles. The van der Waals surface area contributed by atoms with Crippen LogP contribution in [0.3, 0.4) is 0 Å². The molecule has 0 radical (unpaired) electrons. The molecular weight excluding hydrogens is 294 g/mol. The second-order valence-electron chi connectivity index (χ2n) is 6.28. The number of aliphatic carboxylic acids is 1. The molecular formula is C18H27NO4. The fourth-order valence-electron chi connectivity index (χ4n) is 1.94. The zero-order valence-corrected chi connectivity index (χ0v) is 14.2. The molecule has 0 atom stereocenters. The Morgan fingerprint density at radius 3 is 2.43 bits per heavy atom. The van der Waals surface area contributed by atoms with Crippen LogP contribution in [0.4, 0.5) is 0 Å². The molecule has 0 aliphatic rings. The van der Waals surface area contributed by atoms with E-state index < -0.39 is 11.4 Å². The second-order valence-corrected chi connectivity index (χ2v) is 6.28. The van der Waals surface area contributed by atoms with Gasteiger partial charge in [-0.25, -0.2) is 0 Å². The van der Waals surface area contributed by atoms with Crippen molar-refractivity contribution >= 4 is 11.9 Å². The van der Waals surface area contributed by atoms with Gasteiger partial charge in [-0.2, -0.15) is 0 Å². The van der Waals surface area contributed by atoms with Crippen molar-refractivity contribution in [2.75, 3.05) is 13.2 Å². The van der Waals surface area contributed by atoms with Crippen molar-refractivity contribution in [2.24, 2.45) is 5.41 Å². The van der Waals surface area contributed by atoms with E-state index in [1.54, 1.807) is 13.8 Å². The standard InChI is InChI=1S/C18H27NO4/c1-4-13-23-15-8-5-14(6-9-15)7-10-16(20)19-12-11-18(2,3)17(21)22/h5-6,8-9H,4,7,10-13H2,1-3H3,(H,19,20)(H,21,22). The van der Waals surface area contributed by atoms with Gasteiger partial charge in [0.1, 0.15) is 5.75 Å². The van der Waals surface area contributed by atoms with Gasteiger partial charge in [-0.05, 0) is 50.8 Å². The molecule has 0 saturated heterocycles. The highest BCUT2D eigenvalue weighted by atomic mass is 16.5. The van der Waals surface area contributed by atoms with Crippen LogP contribution in [0.25, 0.3) is 0 Å². The van der Waals surface area contributed by atoms with Gasteiger partial charge in [0.05, 0.1) is 12.0 Å². The van der Waals surface area contributed by atoms with Crippen molar-refractivity contribution in [1.82, 2.24) is 5.32 Å². The molecule has 128 valence electrons. The molecule has 5 nitrogen and oxygen atoms in total. The van der Waals surface area contributed by atoms with Gasteiger partial charge in [-0.15, -0.1) is 0 Å². The molecule has 1 amide bonds. The lowest BCUT2D eigenvalue weighted by atomic mass is 9.90. The summed E-state index contributed by atoms with van der Waals surface area (Å²) in [5, 5.41) is 11.8. The van der Waals surface area contributed by atoms with Crippen molar-refractivity contribution in [3.63, 3.8) is 0 Å². The summed E-state index contributed by atoms with van der Waals surface area (Å²) in [6.07, 6.45) is 2.43. The zero-order valence-electron chi connectivity index (χ0n) is 14.2. The zero-order chi connectivity index (χ0) is 17.3. The van der Waals surface area contributed by atoms with E-state index in [1.165, 1.54) is 0 Å². The number of rotatable bonds is 10. The normalized spacial score (nSPS) is 11.1. The average Bonchev–Trinajstić information content (AvgIpc) is 2.51. The summed E-state index contributed by atoms with van der Waals surface area (Å²) in [4.78, 5) is 22.8. The summed E-state index contributed by atoms with van der Waals surface area (Å²) in [6.45, 7) is 6.45. The van der Waals surface area contributed by atoms with Crippen LogP contribution in [0.5, 0.6) is 5.75 Å². The van der Waals surface area contributed by atoms with Crippen LogP contribution in [0.1, 0.15) is 45.6 Å². The number of carboxylic acid groups (broad SMARTS) is 1. The highest BCUT2D eigenvalue weighted by Crippen LogP contribution is 2.19. The van der Waals surface area contributed by atoms with E-state index in [1.807, 2.05) is 24.3 Å². The number of carbonyl (C=O) groups is 2. The highest BCUT2D eigenvalue weighted by Gasteiger charge is 2.26. The summed E-state index contributed by atoms with van der Waals surface area (Å²) in [5.74, 6) is -0.0643. The Bertz CT molecular complexity index is 508. The number of hydrogen-bond donors (Lipinski definition) is 2. The Balaban J connectivity index is 2.29. The van der Waals surface area contributed by atoms with E-state index in [2.05, 4.69) is 12.2 Å². The summed E-state index contributed by atoms with van der Waals surface area (Å²) in [7, 11) is 0. The maximum Gasteiger partial charge on any atom is 0.309 e. The first-order valence-corrected chi connectivity index (χ1v) is 8.07. The monoisotopic (exact) mass is 321 g/mol. The fourth-order valence-corrected chi connectivity index (χ4v) is 1.94. The molecule has 2 N–H and O–H groups in total. The lowest BCUT2D eigenvalue weighted by Crippen LogP contribution is -2.32. The number of aryl methyl sites for hydroxylation is 1. The Morgan fingerprint density at radius 1 is 1.22 bits per heavy atom. The largest absolute Gasteiger partial charge is 0.494 e. The molecule has 0 aliphatic carbocycles. The number of ether oxygens (including phenoxy) is 1. The van der Waals surface area contributed by atoms with Gasteiger partial charge < -0.3 is 15.2 Å². The van der Waals surface area contributed by atoms with Crippen molar-refractivity contribution in [3.8, 4) is 5.75 Å². The molecule has 0 heterocycles. The first kappa shape index (κ1) is 19.0. The highest BCUT2D eigenvalue weighted by molar-refractivity contribution is 5.76. The Hall–Kier alpha value is -2.04. The smallest absolute Gasteiger partial charge is 0.309 e. The molecule has 0 spiro atoms. The lowest BCUT2D eigenvalue weighted by Gasteiger charge is -2.18. The van der Waals surface area contributed by atoms with Crippen LogP contribution in [-0.4, -0.2) is 30.1 Å². The molecule has 0 unspecified atom stereocenters. The van der Waals surface area contributed by atoms with Gasteiger partial charge in [0.25, 0.3) is 0 Å². The fraction of sp³-hybridized carbons (Fsp3) is 0.556. The Morgan fingerprint density at radius 2 is 1.87 bits per heavy atom. The van der Waals surface area contributed by atoms with Gasteiger partial charge in [0, 0.05) is 13.0 Å². The second kappa shape index (κ2) is 9.18. The number of carboxylic acids is 1. The van der Waals surface area contributed by atoms with Crippen LogP contribution in [0.2, 0.25) is 0 Å². The lowest BCUT2D eigenvalue weighted by molar-refractivity contribution is -0.147. The van der Waals surface area contributed by atoms with E-state index in [0.717, 1.165) is 17.7 Å². The van der Waals surface area contributed by atoms with Crippen molar-refractivity contribution in [2.45, 2.75) is 46.5 Å². The molecule has 1 aromatic rings. The van der Waals surface area contributed by atoms with Crippen molar-refractivity contribution < 1.29 is 19.4 Å². The topological polar surface area (TPSA) is 75.6 Å². The van der Waals surface area contributed by atoms with Crippen molar-refractivity contribution in [3.05, 3.63) is 29.8 Å². The van der Waals surface area contributed by atoms with E-state index >= 15 is 0 Å². The molecule has 0 saturated carbocycles. The van der Waals surface area contributed by atoms with E-state index in [-0.39, 0.29) is 5.91 Å². The SMILES string of the molecule is CCCOc1ccc(CCC(=O)NCCC(C)(C)C(=O)O)cc1. The minimum Gasteiger partial charge on any atom is -0.494 e. The number of nitrogens with one attached hydrogen (secondary N) is 1. The average molecular weight is 321 g/mol. The molecule has 1 aromatic carbocycles. The van der Waals surface area contributed by atoms with Gasteiger partial charge in [0.2, 0.25) is 5.91 Å². The number of carbonyl (C=O) groups excluding carboxylic acids is 1. The third-order valence-corrected chi connectivity index (χ3v) is 3.69. The van der Waals surface area contributed by atoms with Crippen LogP contribution < -0.4 is 10.1 Å². The maximum absolute atomic E-state index is 11.8. The van der Waals surface area contributed by atoms with Crippen LogP contribution >= 0.6 is 0 Å². The predicted octanol–water partition coefficient (Wildman–Crippen LogP) is 3.03. The van der Waals surface area contributed by atoms with E-state index in [4.69, 9.17) is 9.84 Å². The van der Waals surface area contributed by atoms with Crippen LogP contribution in [0.15, 0.2) is 24.3 Å². The van der Waals surface area contributed by atoms with Gasteiger partial charge in [-0.3, -0.25) is 9.59 Å². The minimum atomic E-state index is -0.850. The Labute approximate surface area is 138 Å². The number of hydrogen-bond acceptors (Lipinski definition) is 3. The quantitative estimate of drug-likeness (QED) is 0.694. The van der Waals surface area contributed by atoms with Crippen molar-refractivity contribution in [1.29, 1.82) is 0 Å². The van der Waals surface area contributed by atoms with E-state index in [9.17, 15) is 9.59 Å². The van der Waals surface area contributed by atoms with Crippen LogP contribution in [-0.2, 0) is 16.0 Å².